The Bertz CT molecular complexity index is 318. The minimum Gasteiger partial charge on any atom is -0.369 e. The molecule has 3 nitrogen and oxygen atoms in total. The van der Waals surface area contributed by atoms with Crippen molar-refractivity contribution in [1.29, 1.82) is 0 Å². The Kier molecular flexibility index (Phi) is 2.40. The second-order valence-electron chi connectivity index (χ2n) is 4.41. The highest BCUT2D eigenvalue weighted by atomic mass is 15.0. The molecule has 2 rings (SSSR count). The molecule has 1 aromatic heterocycles. The van der Waals surface area contributed by atoms with E-state index in [2.05, 4.69) is 29.1 Å². The fourth-order valence-corrected chi connectivity index (χ4v) is 1.38. The molecule has 0 spiro atoms. The Hall–Kier alpha value is -1.12. The van der Waals surface area contributed by atoms with Crippen molar-refractivity contribution in [2.45, 2.75) is 33.1 Å². The molecule has 0 atom stereocenters. The SMILES string of the molecule is CCc1cc(NCC2(C)CC2)ncn1. The molecule has 14 heavy (non-hydrogen) atoms. The maximum atomic E-state index is 4.20. The number of nitrogens with zero attached hydrogens (tertiary/aromatic N) is 2. The van der Waals surface area contributed by atoms with Gasteiger partial charge in [-0.05, 0) is 24.7 Å². The lowest BCUT2D eigenvalue weighted by molar-refractivity contribution is 0.609. The lowest BCUT2D eigenvalue weighted by atomic mass is 10.1. The van der Waals surface area contributed by atoms with Gasteiger partial charge in [0.15, 0.2) is 0 Å². The summed E-state index contributed by atoms with van der Waals surface area (Å²) in [4.78, 5) is 8.36. The van der Waals surface area contributed by atoms with E-state index in [4.69, 9.17) is 0 Å². The first-order valence-corrected chi connectivity index (χ1v) is 5.27. The quantitative estimate of drug-likeness (QED) is 0.793. The van der Waals surface area contributed by atoms with E-state index in [1.165, 1.54) is 12.8 Å². The van der Waals surface area contributed by atoms with E-state index in [1.807, 2.05) is 6.07 Å². The third-order valence-corrected chi connectivity index (χ3v) is 2.89. The number of aryl methyl sites for hydroxylation is 1. The van der Waals surface area contributed by atoms with E-state index in [-0.39, 0.29) is 0 Å². The topological polar surface area (TPSA) is 37.8 Å². The summed E-state index contributed by atoms with van der Waals surface area (Å²) in [5, 5.41) is 3.37. The zero-order valence-electron chi connectivity index (χ0n) is 8.88. The van der Waals surface area contributed by atoms with E-state index >= 15 is 0 Å². The van der Waals surface area contributed by atoms with Gasteiger partial charge in [-0.2, -0.15) is 0 Å². The van der Waals surface area contributed by atoms with Crippen LogP contribution in [0.2, 0.25) is 0 Å². The van der Waals surface area contributed by atoms with Gasteiger partial charge in [0.1, 0.15) is 12.1 Å². The minimum atomic E-state index is 0.525. The maximum absolute atomic E-state index is 4.20. The standard InChI is InChI=1S/C11H17N3/c1-3-9-6-10(14-8-13-9)12-7-11(2)4-5-11/h6,8H,3-5,7H2,1-2H3,(H,12,13,14). The first-order chi connectivity index (χ1) is 6.72. The second kappa shape index (κ2) is 3.56. The second-order valence-corrected chi connectivity index (χ2v) is 4.41. The molecule has 0 radical (unpaired) electrons. The molecule has 1 aromatic rings. The van der Waals surface area contributed by atoms with Crippen molar-refractivity contribution in [3.8, 4) is 0 Å². The molecule has 0 aliphatic heterocycles. The van der Waals surface area contributed by atoms with E-state index in [0.29, 0.717) is 5.41 Å². The maximum Gasteiger partial charge on any atom is 0.129 e. The summed E-state index contributed by atoms with van der Waals surface area (Å²) in [6, 6.07) is 2.03. The van der Waals surface area contributed by atoms with Crippen molar-refractivity contribution in [2.24, 2.45) is 5.41 Å². The van der Waals surface area contributed by atoms with Crippen LogP contribution in [-0.4, -0.2) is 16.5 Å². The van der Waals surface area contributed by atoms with Gasteiger partial charge in [0, 0.05) is 18.3 Å². The monoisotopic (exact) mass is 191 g/mol. The molecule has 0 amide bonds. The van der Waals surface area contributed by atoms with Gasteiger partial charge in [-0.1, -0.05) is 13.8 Å². The van der Waals surface area contributed by atoms with Gasteiger partial charge >= 0.3 is 0 Å². The highest BCUT2D eigenvalue weighted by Gasteiger charge is 2.36. The smallest absolute Gasteiger partial charge is 0.129 e. The van der Waals surface area contributed by atoms with Crippen LogP contribution in [-0.2, 0) is 6.42 Å². The van der Waals surface area contributed by atoms with E-state index in [9.17, 15) is 0 Å². The van der Waals surface area contributed by atoms with Crippen molar-refractivity contribution in [3.05, 3.63) is 18.1 Å². The fraction of sp³-hybridized carbons (Fsp3) is 0.636. The van der Waals surface area contributed by atoms with Gasteiger partial charge in [0.25, 0.3) is 0 Å². The Balaban J connectivity index is 1.94. The van der Waals surface area contributed by atoms with Crippen molar-refractivity contribution < 1.29 is 0 Å². The Morgan fingerprint density at radius 1 is 1.43 bits per heavy atom. The van der Waals surface area contributed by atoms with E-state index in [0.717, 1.165) is 24.5 Å². The van der Waals surface area contributed by atoms with Gasteiger partial charge in [-0.3, -0.25) is 0 Å². The number of hydrogen-bond acceptors (Lipinski definition) is 3. The molecular formula is C11H17N3. The van der Waals surface area contributed by atoms with Gasteiger partial charge in [0.2, 0.25) is 0 Å². The average molecular weight is 191 g/mol. The van der Waals surface area contributed by atoms with Crippen LogP contribution in [0, 0.1) is 5.41 Å². The van der Waals surface area contributed by atoms with E-state index in [1.54, 1.807) is 6.33 Å². The summed E-state index contributed by atoms with van der Waals surface area (Å²) in [6.07, 6.45) is 5.28. The van der Waals surface area contributed by atoms with Crippen LogP contribution in [0.15, 0.2) is 12.4 Å². The molecule has 3 heteroatoms. The van der Waals surface area contributed by atoms with Crippen molar-refractivity contribution in [1.82, 2.24) is 9.97 Å². The highest BCUT2D eigenvalue weighted by Crippen LogP contribution is 2.44. The van der Waals surface area contributed by atoms with Crippen LogP contribution >= 0.6 is 0 Å². The Labute approximate surface area is 85.0 Å². The van der Waals surface area contributed by atoms with Crippen LogP contribution in [0.5, 0.6) is 0 Å². The highest BCUT2D eigenvalue weighted by molar-refractivity contribution is 5.35. The predicted octanol–water partition coefficient (Wildman–Crippen LogP) is 2.25. The van der Waals surface area contributed by atoms with Gasteiger partial charge in [-0.15, -0.1) is 0 Å². The minimum absolute atomic E-state index is 0.525. The van der Waals surface area contributed by atoms with E-state index < -0.39 is 0 Å². The lowest BCUT2D eigenvalue weighted by Gasteiger charge is -2.10. The van der Waals surface area contributed by atoms with Crippen LogP contribution < -0.4 is 5.32 Å². The Morgan fingerprint density at radius 2 is 2.21 bits per heavy atom. The fourth-order valence-electron chi connectivity index (χ4n) is 1.38. The predicted molar refractivity (Wildman–Crippen MR) is 57.2 cm³/mol. The molecular weight excluding hydrogens is 174 g/mol. The summed E-state index contributed by atoms with van der Waals surface area (Å²) < 4.78 is 0. The molecule has 1 aliphatic rings. The summed E-state index contributed by atoms with van der Waals surface area (Å²) >= 11 is 0. The summed E-state index contributed by atoms with van der Waals surface area (Å²) in [5.41, 5.74) is 1.63. The Morgan fingerprint density at radius 3 is 2.86 bits per heavy atom. The molecule has 0 bridgehead atoms. The molecule has 0 aromatic carbocycles. The largest absolute Gasteiger partial charge is 0.369 e. The summed E-state index contributed by atoms with van der Waals surface area (Å²) in [6.45, 7) is 5.45. The zero-order chi connectivity index (χ0) is 10.0. The number of nitrogens with one attached hydrogen (secondary N) is 1. The number of rotatable bonds is 4. The van der Waals surface area contributed by atoms with Crippen molar-refractivity contribution in [3.63, 3.8) is 0 Å². The normalized spacial score (nSPS) is 17.9. The van der Waals surface area contributed by atoms with Gasteiger partial charge in [0.05, 0.1) is 0 Å². The molecule has 1 saturated carbocycles. The van der Waals surface area contributed by atoms with Gasteiger partial charge < -0.3 is 5.32 Å². The number of aromatic nitrogens is 2. The van der Waals surface area contributed by atoms with Crippen molar-refractivity contribution in [2.75, 3.05) is 11.9 Å². The van der Waals surface area contributed by atoms with Crippen molar-refractivity contribution >= 4 is 5.82 Å². The molecule has 76 valence electrons. The van der Waals surface area contributed by atoms with Gasteiger partial charge in [-0.25, -0.2) is 9.97 Å². The van der Waals surface area contributed by atoms with Crippen LogP contribution in [0.4, 0.5) is 5.82 Å². The van der Waals surface area contributed by atoms with Crippen LogP contribution in [0.25, 0.3) is 0 Å². The molecule has 1 N–H and O–H groups in total. The summed E-state index contributed by atoms with van der Waals surface area (Å²) in [7, 11) is 0. The number of anilines is 1. The lowest BCUT2D eigenvalue weighted by Crippen LogP contribution is -2.12. The third kappa shape index (κ3) is 2.22. The molecule has 1 heterocycles. The zero-order valence-corrected chi connectivity index (χ0v) is 8.88. The first-order valence-electron chi connectivity index (χ1n) is 5.27. The average Bonchev–Trinajstić information content (AvgIpc) is 2.95. The van der Waals surface area contributed by atoms with Crippen LogP contribution in [0.3, 0.4) is 0 Å². The number of hydrogen-bond donors (Lipinski definition) is 1. The molecule has 1 aliphatic carbocycles. The molecule has 1 fully saturated rings. The summed E-state index contributed by atoms with van der Waals surface area (Å²) in [5.74, 6) is 0.963. The molecule has 0 unspecified atom stereocenters. The third-order valence-electron chi connectivity index (χ3n) is 2.89. The first kappa shape index (κ1) is 9.44. The van der Waals surface area contributed by atoms with Crippen LogP contribution in [0.1, 0.15) is 32.4 Å². The molecule has 0 saturated heterocycles.